The molecule has 0 spiro atoms. The average Bonchev–Trinajstić information content (AvgIpc) is 2.77. The summed E-state index contributed by atoms with van der Waals surface area (Å²) in [4.78, 5) is 27.7. The van der Waals surface area contributed by atoms with Gasteiger partial charge >= 0.3 is 5.97 Å². The summed E-state index contributed by atoms with van der Waals surface area (Å²) in [5.41, 5.74) is 2.13. The molecule has 1 atom stereocenters. The van der Waals surface area contributed by atoms with Crippen LogP contribution in [0.1, 0.15) is 30.6 Å². The molecule has 2 rings (SSSR count). The summed E-state index contributed by atoms with van der Waals surface area (Å²) >= 11 is 0. The third-order valence-electron chi connectivity index (χ3n) is 3.24. The van der Waals surface area contributed by atoms with E-state index in [2.05, 4.69) is 10.3 Å². The second-order valence-electron chi connectivity index (χ2n) is 5.40. The van der Waals surface area contributed by atoms with Gasteiger partial charge in [0.25, 0.3) is 0 Å². The zero-order chi connectivity index (χ0) is 15.6. The lowest BCUT2D eigenvalue weighted by Gasteiger charge is -2.18. The van der Waals surface area contributed by atoms with Crippen molar-refractivity contribution in [2.45, 2.75) is 32.4 Å². The van der Waals surface area contributed by atoms with Crippen LogP contribution in [0.3, 0.4) is 0 Å². The Bertz CT molecular complexity index is 676. The van der Waals surface area contributed by atoms with E-state index < -0.39 is 12.0 Å². The number of rotatable bonds is 6. The van der Waals surface area contributed by atoms with Gasteiger partial charge in [0.15, 0.2) is 5.78 Å². The highest BCUT2D eigenvalue weighted by Crippen LogP contribution is 2.16. The lowest BCUT2D eigenvalue weighted by atomic mass is 10.0. The van der Waals surface area contributed by atoms with E-state index >= 15 is 0 Å². The summed E-state index contributed by atoms with van der Waals surface area (Å²) in [5.74, 6) is -1.22. The number of nitrogens with one attached hydrogen (secondary N) is 1. The van der Waals surface area contributed by atoms with Crippen molar-refractivity contribution in [3.05, 3.63) is 30.1 Å². The molecule has 0 saturated heterocycles. The van der Waals surface area contributed by atoms with Gasteiger partial charge in [-0.25, -0.2) is 4.98 Å². The number of carbonyl (C=O) groups is 2. The zero-order valence-electron chi connectivity index (χ0n) is 12.3. The van der Waals surface area contributed by atoms with Crippen molar-refractivity contribution in [3.8, 4) is 0 Å². The molecule has 21 heavy (non-hydrogen) atoms. The van der Waals surface area contributed by atoms with Crippen molar-refractivity contribution in [3.63, 3.8) is 0 Å². The Morgan fingerprint density at radius 2 is 2.10 bits per heavy atom. The zero-order valence-corrected chi connectivity index (χ0v) is 12.3. The number of carboxylic acids is 1. The SMILES string of the molecule is CC(C)NC(CC(=O)O)C(=O)c1ccc2c(c1)ncn2C. The van der Waals surface area contributed by atoms with E-state index in [4.69, 9.17) is 5.11 Å². The predicted octanol–water partition coefficient (Wildman–Crippen LogP) is 1.60. The molecule has 1 unspecified atom stereocenters. The molecule has 0 fully saturated rings. The molecule has 112 valence electrons. The molecule has 6 heteroatoms. The van der Waals surface area contributed by atoms with Crippen LogP contribution in [0, 0.1) is 0 Å². The van der Waals surface area contributed by atoms with Crippen LogP contribution in [0.4, 0.5) is 0 Å². The first-order valence-corrected chi connectivity index (χ1v) is 6.81. The van der Waals surface area contributed by atoms with Gasteiger partial charge in [-0.1, -0.05) is 13.8 Å². The van der Waals surface area contributed by atoms with Crippen LogP contribution in [0.15, 0.2) is 24.5 Å². The maximum atomic E-state index is 12.5. The van der Waals surface area contributed by atoms with E-state index in [0.29, 0.717) is 5.56 Å². The molecule has 0 amide bonds. The first kappa shape index (κ1) is 15.2. The molecule has 0 aliphatic carbocycles. The topological polar surface area (TPSA) is 84.2 Å². The number of ketones is 1. The molecule has 1 heterocycles. The fourth-order valence-electron chi connectivity index (χ4n) is 2.29. The molecule has 0 aliphatic heterocycles. The van der Waals surface area contributed by atoms with Crippen LogP contribution in [-0.4, -0.2) is 38.5 Å². The van der Waals surface area contributed by atoms with Gasteiger partial charge in [-0.3, -0.25) is 9.59 Å². The highest BCUT2D eigenvalue weighted by molar-refractivity contribution is 6.03. The number of aromatic nitrogens is 2. The maximum absolute atomic E-state index is 12.5. The Balaban J connectivity index is 2.30. The Morgan fingerprint density at radius 1 is 1.38 bits per heavy atom. The third kappa shape index (κ3) is 3.46. The number of Topliss-reactive ketones (excluding diaryl/α,β-unsaturated/α-hetero) is 1. The van der Waals surface area contributed by atoms with Crippen molar-refractivity contribution in [2.24, 2.45) is 7.05 Å². The Labute approximate surface area is 122 Å². The number of benzene rings is 1. The van der Waals surface area contributed by atoms with Crippen LogP contribution in [0.25, 0.3) is 11.0 Å². The molecule has 1 aromatic heterocycles. The van der Waals surface area contributed by atoms with Gasteiger partial charge in [-0.2, -0.15) is 0 Å². The van der Waals surface area contributed by atoms with Gasteiger partial charge in [0, 0.05) is 18.7 Å². The number of aliphatic carboxylic acids is 1. The van der Waals surface area contributed by atoms with E-state index in [-0.39, 0.29) is 18.2 Å². The van der Waals surface area contributed by atoms with Gasteiger partial charge in [0.2, 0.25) is 0 Å². The number of hydrogen-bond acceptors (Lipinski definition) is 4. The molecule has 0 aliphatic rings. The number of hydrogen-bond donors (Lipinski definition) is 2. The fraction of sp³-hybridized carbons (Fsp3) is 0.400. The molecule has 0 saturated carbocycles. The van der Waals surface area contributed by atoms with E-state index in [1.165, 1.54) is 0 Å². The number of nitrogens with zero attached hydrogens (tertiary/aromatic N) is 2. The predicted molar refractivity (Wildman–Crippen MR) is 79.4 cm³/mol. The lowest BCUT2D eigenvalue weighted by molar-refractivity contribution is -0.137. The summed E-state index contributed by atoms with van der Waals surface area (Å²) in [5, 5.41) is 12.0. The van der Waals surface area contributed by atoms with Crippen LogP contribution in [-0.2, 0) is 11.8 Å². The van der Waals surface area contributed by atoms with Gasteiger partial charge in [-0.15, -0.1) is 0 Å². The van der Waals surface area contributed by atoms with Crippen LogP contribution in [0.5, 0.6) is 0 Å². The second-order valence-corrected chi connectivity index (χ2v) is 5.40. The molecule has 2 N–H and O–H groups in total. The molecule has 0 bridgehead atoms. The minimum atomic E-state index is -1.000. The fourth-order valence-corrected chi connectivity index (χ4v) is 2.29. The van der Waals surface area contributed by atoms with E-state index in [9.17, 15) is 9.59 Å². The number of carbonyl (C=O) groups excluding carboxylic acids is 1. The van der Waals surface area contributed by atoms with Crippen molar-refractivity contribution in [1.29, 1.82) is 0 Å². The third-order valence-corrected chi connectivity index (χ3v) is 3.24. The number of fused-ring (bicyclic) bond motifs is 1. The van der Waals surface area contributed by atoms with E-state index in [1.54, 1.807) is 18.5 Å². The second kappa shape index (κ2) is 6.05. The van der Waals surface area contributed by atoms with E-state index in [1.807, 2.05) is 31.5 Å². The summed E-state index contributed by atoms with van der Waals surface area (Å²) in [6.45, 7) is 3.76. The Hall–Kier alpha value is -2.21. The van der Waals surface area contributed by atoms with Crippen molar-refractivity contribution in [1.82, 2.24) is 14.9 Å². The Morgan fingerprint density at radius 3 is 2.71 bits per heavy atom. The molecule has 2 aromatic rings. The molecular formula is C15H19N3O3. The van der Waals surface area contributed by atoms with Crippen molar-refractivity contribution < 1.29 is 14.7 Å². The monoisotopic (exact) mass is 289 g/mol. The summed E-state index contributed by atoms with van der Waals surface area (Å²) < 4.78 is 1.87. The normalized spacial score (nSPS) is 12.8. The van der Waals surface area contributed by atoms with Crippen LogP contribution in [0.2, 0.25) is 0 Å². The van der Waals surface area contributed by atoms with Crippen molar-refractivity contribution >= 4 is 22.8 Å². The summed E-state index contributed by atoms with van der Waals surface area (Å²) in [7, 11) is 1.88. The van der Waals surface area contributed by atoms with Gasteiger partial charge in [0.05, 0.1) is 29.8 Å². The van der Waals surface area contributed by atoms with Gasteiger partial charge in [-0.05, 0) is 18.2 Å². The quantitative estimate of drug-likeness (QED) is 0.789. The van der Waals surface area contributed by atoms with Crippen molar-refractivity contribution in [2.75, 3.05) is 0 Å². The summed E-state index contributed by atoms with van der Waals surface area (Å²) in [6, 6.07) is 4.53. The average molecular weight is 289 g/mol. The molecule has 6 nitrogen and oxygen atoms in total. The number of imidazole rings is 1. The summed E-state index contributed by atoms with van der Waals surface area (Å²) in [6.07, 6.45) is 1.44. The smallest absolute Gasteiger partial charge is 0.305 e. The molecule has 1 aromatic carbocycles. The molecular weight excluding hydrogens is 270 g/mol. The van der Waals surface area contributed by atoms with Gasteiger partial charge in [0.1, 0.15) is 0 Å². The highest BCUT2D eigenvalue weighted by Gasteiger charge is 2.23. The Kier molecular flexibility index (Phi) is 4.37. The number of carboxylic acid groups (broad SMARTS) is 1. The van der Waals surface area contributed by atoms with Gasteiger partial charge < -0.3 is 15.0 Å². The standard InChI is InChI=1S/C15H19N3O3/c1-9(2)17-12(7-14(19)20)15(21)10-4-5-13-11(6-10)16-8-18(13)3/h4-6,8-9,12,17H,7H2,1-3H3,(H,19,20). The minimum Gasteiger partial charge on any atom is -0.481 e. The van der Waals surface area contributed by atoms with Crippen LogP contribution < -0.4 is 5.32 Å². The van der Waals surface area contributed by atoms with Crippen LogP contribution >= 0.6 is 0 Å². The number of aryl methyl sites for hydroxylation is 1. The first-order chi connectivity index (χ1) is 9.88. The first-order valence-electron chi connectivity index (χ1n) is 6.81. The molecule has 0 radical (unpaired) electrons. The largest absolute Gasteiger partial charge is 0.481 e. The maximum Gasteiger partial charge on any atom is 0.305 e. The minimum absolute atomic E-state index is 0.0249. The van der Waals surface area contributed by atoms with E-state index in [0.717, 1.165) is 11.0 Å². The highest BCUT2D eigenvalue weighted by atomic mass is 16.4. The lowest BCUT2D eigenvalue weighted by Crippen LogP contribution is -2.42.